The Morgan fingerprint density at radius 2 is 1.73 bits per heavy atom. The molecule has 1 aliphatic rings. The van der Waals surface area contributed by atoms with Crippen molar-refractivity contribution in [2.24, 2.45) is 0 Å². The molecule has 1 aliphatic carbocycles. The largest absolute Gasteiger partial charge is 0.487 e. The zero-order chi connectivity index (χ0) is 24.0. The fourth-order valence-electron chi connectivity index (χ4n) is 4.00. The van der Waals surface area contributed by atoms with Crippen molar-refractivity contribution in [3.63, 3.8) is 0 Å². The van der Waals surface area contributed by atoms with E-state index in [-0.39, 0.29) is 11.4 Å². The topological polar surface area (TPSA) is 105 Å². The number of aromatic amines is 1. The number of benzene rings is 2. The van der Waals surface area contributed by atoms with Gasteiger partial charge in [0.1, 0.15) is 14.7 Å². The Hall–Kier alpha value is -2.01. The first-order valence-corrected chi connectivity index (χ1v) is 14.3. The van der Waals surface area contributed by atoms with Crippen LogP contribution in [-0.4, -0.2) is 39.4 Å². The van der Waals surface area contributed by atoms with Crippen LogP contribution in [0.2, 0.25) is 10.0 Å². The highest BCUT2D eigenvalue weighted by Crippen LogP contribution is 2.36. The Bertz CT molecular complexity index is 1420. The lowest BCUT2D eigenvalue weighted by molar-refractivity contribution is 0.148. The zero-order valence-electron chi connectivity index (χ0n) is 17.4. The average Bonchev–Trinajstić information content (AvgIpc) is 3.14. The van der Waals surface area contributed by atoms with E-state index in [4.69, 9.17) is 27.9 Å². The van der Waals surface area contributed by atoms with Crippen LogP contribution in [0.3, 0.4) is 0 Å². The standard InChI is InChI=1S/C21H21Cl2FN2O5S2/c1-32(27,28)13-7-5-12(6-8-13)31-17-3-2-4-18(20(17)24)33(29,30)26-16-10-9-14(22)19-15(23)11-25-21(16)19/h2-4,9-13,25-26H,5-8H2,1H3. The molecule has 4 rings (SSSR count). The number of H-pyrrole nitrogens is 1. The van der Waals surface area contributed by atoms with Crippen molar-refractivity contribution in [1.82, 2.24) is 4.98 Å². The molecule has 7 nitrogen and oxygen atoms in total. The number of nitrogens with one attached hydrogen (secondary N) is 2. The van der Waals surface area contributed by atoms with Crippen molar-refractivity contribution in [1.29, 1.82) is 0 Å². The number of anilines is 1. The van der Waals surface area contributed by atoms with Crippen LogP contribution in [0.4, 0.5) is 10.1 Å². The summed E-state index contributed by atoms with van der Waals surface area (Å²) in [6, 6.07) is 6.82. The number of ether oxygens (including phenoxy) is 1. The number of halogens is 3. The molecule has 0 amide bonds. The van der Waals surface area contributed by atoms with Gasteiger partial charge < -0.3 is 9.72 Å². The van der Waals surface area contributed by atoms with Crippen molar-refractivity contribution in [3.05, 3.63) is 52.4 Å². The Morgan fingerprint density at radius 1 is 1.03 bits per heavy atom. The second kappa shape index (κ2) is 8.98. The van der Waals surface area contributed by atoms with Crippen LogP contribution < -0.4 is 9.46 Å². The Labute approximate surface area is 201 Å². The van der Waals surface area contributed by atoms with E-state index in [1.807, 2.05) is 0 Å². The highest BCUT2D eigenvalue weighted by molar-refractivity contribution is 7.92. The van der Waals surface area contributed by atoms with E-state index in [9.17, 15) is 16.8 Å². The van der Waals surface area contributed by atoms with Crippen LogP contribution in [0, 0.1) is 5.82 Å². The molecule has 33 heavy (non-hydrogen) atoms. The molecule has 0 aliphatic heterocycles. The highest BCUT2D eigenvalue weighted by Gasteiger charge is 2.30. The van der Waals surface area contributed by atoms with E-state index in [1.54, 1.807) is 0 Å². The van der Waals surface area contributed by atoms with Gasteiger partial charge in [-0.25, -0.2) is 21.2 Å². The molecular weight excluding hydrogens is 514 g/mol. The monoisotopic (exact) mass is 534 g/mol. The van der Waals surface area contributed by atoms with E-state index in [0.717, 1.165) is 6.07 Å². The molecular formula is C21H21Cl2FN2O5S2. The summed E-state index contributed by atoms with van der Waals surface area (Å²) in [5.74, 6) is -1.23. The first-order valence-electron chi connectivity index (χ1n) is 10.1. The van der Waals surface area contributed by atoms with E-state index in [1.165, 1.54) is 36.7 Å². The predicted octanol–water partition coefficient (Wildman–Crippen LogP) is 5.15. The molecule has 1 saturated carbocycles. The number of rotatable bonds is 6. The van der Waals surface area contributed by atoms with Crippen molar-refractivity contribution >= 4 is 59.7 Å². The van der Waals surface area contributed by atoms with E-state index in [0.29, 0.717) is 46.6 Å². The minimum Gasteiger partial charge on any atom is -0.487 e. The van der Waals surface area contributed by atoms with Gasteiger partial charge in [0.15, 0.2) is 11.6 Å². The Morgan fingerprint density at radius 3 is 2.39 bits per heavy atom. The maximum atomic E-state index is 15.2. The van der Waals surface area contributed by atoms with Gasteiger partial charge in [-0.2, -0.15) is 0 Å². The third-order valence-electron chi connectivity index (χ3n) is 5.72. The third kappa shape index (κ3) is 4.94. The van der Waals surface area contributed by atoms with Gasteiger partial charge in [0, 0.05) is 17.8 Å². The van der Waals surface area contributed by atoms with Crippen molar-refractivity contribution in [2.75, 3.05) is 11.0 Å². The third-order valence-corrected chi connectivity index (χ3v) is 9.40. The predicted molar refractivity (Wildman–Crippen MR) is 127 cm³/mol. The lowest BCUT2D eigenvalue weighted by Gasteiger charge is -2.28. The van der Waals surface area contributed by atoms with Gasteiger partial charge in [0.25, 0.3) is 10.0 Å². The minimum atomic E-state index is -4.32. The van der Waals surface area contributed by atoms with E-state index in [2.05, 4.69) is 9.71 Å². The first kappa shape index (κ1) is 24.1. The number of hydrogen-bond acceptors (Lipinski definition) is 5. The lowest BCUT2D eigenvalue weighted by Crippen LogP contribution is -2.31. The summed E-state index contributed by atoms with van der Waals surface area (Å²) in [6.07, 6.45) is 3.97. The molecule has 0 spiro atoms. The van der Waals surface area contributed by atoms with Crippen molar-refractivity contribution in [3.8, 4) is 5.75 Å². The fraction of sp³-hybridized carbons (Fsp3) is 0.333. The summed E-state index contributed by atoms with van der Waals surface area (Å²) in [5, 5.41) is 0.672. The van der Waals surface area contributed by atoms with Crippen LogP contribution in [0.1, 0.15) is 25.7 Å². The Balaban J connectivity index is 1.57. The number of sulfonamides is 1. The molecule has 12 heteroatoms. The van der Waals surface area contributed by atoms with Crippen molar-refractivity contribution < 1.29 is 26.0 Å². The van der Waals surface area contributed by atoms with Crippen LogP contribution in [0.5, 0.6) is 5.75 Å². The molecule has 0 atom stereocenters. The normalized spacial score (nSPS) is 19.5. The second-order valence-electron chi connectivity index (χ2n) is 8.00. The Kier molecular flexibility index (Phi) is 6.56. The quantitative estimate of drug-likeness (QED) is 0.454. The fourth-order valence-corrected chi connectivity index (χ4v) is 6.85. The van der Waals surface area contributed by atoms with Gasteiger partial charge in [0.05, 0.1) is 32.6 Å². The molecule has 178 valence electrons. The lowest BCUT2D eigenvalue weighted by atomic mass is 9.97. The zero-order valence-corrected chi connectivity index (χ0v) is 20.6. The molecule has 1 fully saturated rings. The number of hydrogen-bond donors (Lipinski definition) is 2. The van der Waals surface area contributed by atoms with Gasteiger partial charge in [-0.15, -0.1) is 0 Å². The molecule has 1 aromatic heterocycles. The summed E-state index contributed by atoms with van der Waals surface area (Å²) in [7, 11) is -7.46. The summed E-state index contributed by atoms with van der Waals surface area (Å²) in [5.41, 5.74) is 0.526. The first-order chi connectivity index (χ1) is 15.5. The number of aromatic nitrogens is 1. The second-order valence-corrected chi connectivity index (χ2v) is 12.8. The average molecular weight is 535 g/mol. The maximum absolute atomic E-state index is 15.2. The SMILES string of the molecule is CS(=O)(=O)C1CCC(Oc2cccc(S(=O)(=O)Nc3ccc(Cl)c4c(Cl)c[nH]c34)c2F)CC1. The van der Waals surface area contributed by atoms with Gasteiger partial charge in [-0.1, -0.05) is 29.3 Å². The maximum Gasteiger partial charge on any atom is 0.265 e. The number of fused-ring (bicyclic) bond motifs is 1. The molecule has 0 radical (unpaired) electrons. The van der Waals surface area contributed by atoms with Crippen molar-refractivity contribution in [2.45, 2.75) is 41.9 Å². The molecule has 1 heterocycles. The summed E-state index contributed by atoms with van der Waals surface area (Å²) in [4.78, 5) is 2.28. The highest BCUT2D eigenvalue weighted by atomic mass is 35.5. The van der Waals surface area contributed by atoms with Crippen LogP contribution >= 0.6 is 23.2 Å². The molecule has 0 saturated heterocycles. The van der Waals surface area contributed by atoms with Gasteiger partial charge in [-0.05, 0) is 49.9 Å². The molecule has 3 aromatic rings. The molecule has 2 aromatic carbocycles. The smallest absolute Gasteiger partial charge is 0.265 e. The minimum absolute atomic E-state index is 0.158. The molecule has 0 bridgehead atoms. The number of sulfone groups is 1. The van der Waals surface area contributed by atoms with Crippen LogP contribution in [0.25, 0.3) is 10.9 Å². The summed E-state index contributed by atoms with van der Waals surface area (Å²) in [6.45, 7) is 0. The molecule has 2 N–H and O–H groups in total. The van der Waals surface area contributed by atoms with Crippen LogP contribution in [-0.2, 0) is 19.9 Å². The summed E-state index contributed by atoms with van der Waals surface area (Å²) >= 11 is 12.3. The van der Waals surface area contributed by atoms with Gasteiger partial charge in [0.2, 0.25) is 0 Å². The van der Waals surface area contributed by atoms with Gasteiger partial charge >= 0.3 is 0 Å². The van der Waals surface area contributed by atoms with Crippen LogP contribution in [0.15, 0.2) is 41.4 Å². The van der Waals surface area contributed by atoms with Gasteiger partial charge in [-0.3, -0.25) is 4.72 Å². The van der Waals surface area contributed by atoms with E-state index < -0.39 is 41.9 Å². The van der Waals surface area contributed by atoms with E-state index >= 15 is 4.39 Å². The molecule has 0 unspecified atom stereocenters. The summed E-state index contributed by atoms with van der Waals surface area (Å²) < 4.78 is 72.7.